The van der Waals surface area contributed by atoms with Crippen molar-refractivity contribution in [2.24, 2.45) is 0 Å². The van der Waals surface area contributed by atoms with Crippen molar-refractivity contribution in [1.82, 2.24) is 4.57 Å². The molecule has 0 amide bonds. The molecule has 0 saturated heterocycles. The summed E-state index contributed by atoms with van der Waals surface area (Å²) in [6.07, 6.45) is 0. The Kier molecular flexibility index (Phi) is 5.71. The lowest BCUT2D eigenvalue weighted by Crippen LogP contribution is -1.94. The minimum absolute atomic E-state index is 0.717. The number of benzene rings is 7. The number of nitriles is 1. The van der Waals surface area contributed by atoms with Gasteiger partial charge in [-0.05, 0) is 64.7 Å². The van der Waals surface area contributed by atoms with Gasteiger partial charge < -0.3 is 4.57 Å². The lowest BCUT2D eigenvalue weighted by Gasteiger charge is -2.10. The van der Waals surface area contributed by atoms with Gasteiger partial charge in [0.1, 0.15) is 6.07 Å². The summed E-state index contributed by atoms with van der Waals surface area (Å²) in [6, 6.07) is 54.8. The first-order chi connectivity index (χ1) is 23.2. The molecule has 0 aliphatic heterocycles. The van der Waals surface area contributed by atoms with E-state index in [1.165, 1.54) is 63.2 Å². The third-order valence-electron chi connectivity index (χ3n) is 9.43. The topological polar surface area (TPSA) is 28.7 Å². The molecule has 0 radical (unpaired) electrons. The quantitative estimate of drug-likeness (QED) is 0.190. The van der Waals surface area contributed by atoms with Gasteiger partial charge in [-0.1, -0.05) is 103 Å². The molecular weight excluding hydrogens is 609 g/mol. The van der Waals surface area contributed by atoms with E-state index in [0.717, 1.165) is 32.5 Å². The van der Waals surface area contributed by atoms with Crippen molar-refractivity contribution in [2.45, 2.75) is 0 Å². The Hall–Kier alpha value is -5.73. The van der Waals surface area contributed by atoms with E-state index in [1.807, 2.05) is 11.3 Å². The van der Waals surface area contributed by atoms with Gasteiger partial charge in [0.25, 0.3) is 0 Å². The Balaban J connectivity index is 1.22. The molecule has 3 heterocycles. The molecule has 0 atom stereocenters. The monoisotopic (exact) mass is 632 g/mol. The number of nitrogens with zero attached hydrogens (tertiary/aromatic N) is 2. The smallest absolute Gasteiger partial charge is 0.101 e. The molecule has 4 heteroatoms. The highest BCUT2D eigenvalue weighted by Crippen LogP contribution is 2.44. The van der Waals surface area contributed by atoms with Gasteiger partial charge in [0.2, 0.25) is 0 Å². The highest BCUT2D eigenvalue weighted by molar-refractivity contribution is 7.26. The molecule has 0 fully saturated rings. The van der Waals surface area contributed by atoms with E-state index in [-0.39, 0.29) is 0 Å². The molecule has 47 heavy (non-hydrogen) atoms. The second-order valence-corrected chi connectivity index (χ2v) is 14.1. The van der Waals surface area contributed by atoms with Crippen LogP contribution in [0.25, 0.3) is 90.1 Å². The number of hydrogen-bond acceptors (Lipinski definition) is 3. The van der Waals surface area contributed by atoms with E-state index in [0.29, 0.717) is 0 Å². The maximum atomic E-state index is 10.4. The minimum Gasteiger partial charge on any atom is -0.308 e. The fraction of sp³-hybridized carbons (Fsp3) is 0. The predicted molar refractivity (Wildman–Crippen MR) is 202 cm³/mol. The Bertz CT molecular complexity index is 2920. The van der Waals surface area contributed by atoms with Gasteiger partial charge in [-0.25, -0.2) is 0 Å². The zero-order valence-electron chi connectivity index (χ0n) is 25.1. The Labute approximate surface area is 278 Å². The van der Waals surface area contributed by atoms with Crippen molar-refractivity contribution < 1.29 is 0 Å². The van der Waals surface area contributed by atoms with Crippen LogP contribution < -0.4 is 0 Å². The first-order valence-electron chi connectivity index (χ1n) is 15.7. The first-order valence-corrected chi connectivity index (χ1v) is 17.3. The average Bonchev–Trinajstić information content (AvgIpc) is 3.80. The van der Waals surface area contributed by atoms with E-state index in [2.05, 4.69) is 156 Å². The Morgan fingerprint density at radius 3 is 2.00 bits per heavy atom. The Morgan fingerprint density at radius 2 is 1.13 bits per heavy atom. The summed E-state index contributed by atoms with van der Waals surface area (Å²) in [5.74, 6) is 0. The number of aromatic nitrogens is 1. The number of fused-ring (bicyclic) bond motifs is 9. The van der Waals surface area contributed by atoms with Crippen molar-refractivity contribution in [2.75, 3.05) is 0 Å². The average molecular weight is 633 g/mol. The van der Waals surface area contributed by atoms with Crippen LogP contribution in [0.5, 0.6) is 0 Å². The molecule has 10 rings (SSSR count). The molecule has 3 aromatic heterocycles. The minimum atomic E-state index is 0.717. The van der Waals surface area contributed by atoms with Crippen molar-refractivity contribution in [3.63, 3.8) is 0 Å². The molecule has 0 aliphatic carbocycles. The van der Waals surface area contributed by atoms with Gasteiger partial charge >= 0.3 is 0 Å². The first kappa shape index (κ1) is 26.5. The third kappa shape index (κ3) is 3.95. The SMILES string of the molecule is N#Cc1cc(-c2ccc3c(c2)sc2ccccc23)cc2c1sc1c(-n3c4ccccc4c4ccc(-c5ccccc5)cc43)cccc12. The van der Waals surface area contributed by atoms with Gasteiger partial charge in [-0.3, -0.25) is 0 Å². The molecule has 10 aromatic rings. The Morgan fingerprint density at radius 1 is 0.426 bits per heavy atom. The van der Waals surface area contributed by atoms with Crippen molar-refractivity contribution in [3.8, 4) is 34.0 Å². The summed E-state index contributed by atoms with van der Waals surface area (Å²) in [6.45, 7) is 0. The summed E-state index contributed by atoms with van der Waals surface area (Å²) in [5, 5.41) is 17.8. The number of para-hydroxylation sites is 1. The van der Waals surface area contributed by atoms with E-state index >= 15 is 0 Å². The second kappa shape index (κ2) is 10.1. The van der Waals surface area contributed by atoms with Crippen molar-refractivity contribution in [1.29, 1.82) is 5.26 Å². The molecule has 0 saturated carbocycles. The summed E-state index contributed by atoms with van der Waals surface area (Å²) in [7, 11) is 0. The molecule has 0 aliphatic rings. The van der Waals surface area contributed by atoms with Crippen molar-refractivity contribution >= 4 is 84.8 Å². The standard InChI is InChI=1S/C43H24N2S2/c44-25-30-21-29(28-18-20-34-33-12-5-7-16-40(33)46-41(34)24-28)22-36-35-13-8-15-38(43(35)47-42(30)36)45-37-14-6-4-11-31(37)32-19-17-27(23-39(32)45)26-9-2-1-3-10-26/h1-24H. The number of thiophene rings is 2. The zero-order chi connectivity index (χ0) is 31.1. The van der Waals surface area contributed by atoms with Crippen LogP contribution in [0, 0.1) is 11.3 Å². The predicted octanol–water partition coefficient (Wildman–Crippen LogP) is 12.7. The van der Waals surface area contributed by atoms with E-state index < -0.39 is 0 Å². The van der Waals surface area contributed by atoms with Gasteiger partial charge in [-0.2, -0.15) is 5.26 Å². The van der Waals surface area contributed by atoms with Crippen LogP contribution in [0.2, 0.25) is 0 Å². The largest absolute Gasteiger partial charge is 0.308 e. The summed E-state index contributed by atoms with van der Waals surface area (Å²) < 4.78 is 7.19. The number of rotatable bonds is 3. The van der Waals surface area contributed by atoms with Crippen LogP contribution in [-0.4, -0.2) is 4.57 Å². The normalized spacial score (nSPS) is 11.8. The third-order valence-corrected chi connectivity index (χ3v) is 11.8. The van der Waals surface area contributed by atoms with Crippen LogP contribution in [0.4, 0.5) is 0 Å². The summed E-state index contributed by atoms with van der Waals surface area (Å²) in [4.78, 5) is 0. The highest BCUT2D eigenvalue weighted by Gasteiger charge is 2.19. The molecule has 7 aromatic carbocycles. The maximum Gasteiger partial charge on any atom is 0.101 e. The van der Waals surface area contributed by atoms with Crippen LogP contribution in [0.1, 0.15) is 5.56 Å². The van der Waals surface area contributed by atoms with Crippen molar-refractivity contribution in [3.05, 3.63) is 151 Å². The molecule has 0 unspecified atom stereocenters. The van der Waals surface area contributed by atoms with E-state index in [1.54, 1.807) is 11.3 Å². The fourth-order valence-electron chi connectivity index (χ4n) is 7.26. The molecule has 218 valence electrons. The molecule has 0 spiro atoms. The second-order valence-electron chi connectivity index (χ2n) is 12.0. The zero-order valence-corrected chi connectivity index (χ0v) is 26.7. The molecule has 0 N–H and O–H groups in total. The van der Waals surface area contributed by atoms with Gasteiger partial charge in [0, 0.05) is 41.7 Å². The van der Waals surface area contributed by atoms with Gasteiger partial charge in [0.15, 0.2) is 0 Å². The van der Waals surface area contributed by atoms with E-state index in [4.69, 9.17) is 0 Å². The summed E-state index contributed by atoms with van der Waals surface area (Å²) in [5.41, 5.74) is 8.80. The maximum absolute atomic E-state index is 10.4. The lowest BCUT2D eigenvalue weighted by molar-refractivity contribution is 1.20. The van der Waals surface area contributed by atoms with Gasteiger partial charge in [-0.15, -0.1) is 22.7 Å². The van der Waals surface area contributed by atoms with E-state index in [9.17, 15) is 5.26 Å². The molecule has 2 nitrogen and oxygen atoms in total. The molecular formula is C43H24N2S2. The number of hydrogen-bond donors (Lipinski definition) is 0. The van der Waals surface area contributed by atoms with Crippen LogP contribution in [0.3, 0.4) is 0 Å². The van der Waals surface area contributed by atoms with Crippen LogP contribution >= 0.6 is 22.7 Å². The highest BCUT2D eigenvalue weighted by atomic mass is 32.1. The van der Waals surface area contributed by atoms with Crippen LogP contribution in [-0.2, 0) is 0 Å². The fourth-order valence-corrected chi connectivity index (χ4v) is 9.65. The van der Waals surface area contributed by atoms with Gasteiger partial charge in [0.05, 0.1) is 31.7 Å². The van der Waals surface area contributed by atoms with Crippen LogP contribution in [0.15, 0.2) is 146 Å². The summed E-state index contributed by atoms with van der Waals surface area (Å²) >= 11 is 3.55. The molecule has 0 bridgehead atoms. The lowest BCUT2D eigenvalue weighted by atomic mass is 9.99.